The summed E-state index contributed by atoms with van der Waals surface area (Å²) in [7, 11) is 1.81. The molecule has 1 aromatic heterocycles. The summed E-state index contributed by atoms with van der Waals surface area (Å²) in [4.78, 5) is 8.64. The molecular weight excluding hydrogens is 485 g/mol. The van der Waals surface area contributed by atoms with Crippen molar-refractivity contribution >= 4 is 29.9 Å². The number of aliphatic imine (C=N–C) groups is 1. The Morgan fingerprint density at radius 2 is 2.04 bits per heavy atom. The van der Waals surface area contributed by atoms with Crippen LogP contribution in [0, 0.1) is 0 Å². The van der Waals surface area contributed by atoms with Gasteiger partial charge in [-0.2, -0.15) is 13.9 Å². The van der Waals surface area contributed by atoms with Gasteiger partial charge in [-0.25, -0.2) is 9.98 Å². The number of aryl methyl sites for hydroxylation is 1. The van der Waals surface area contributed by atoms with E-state index in [2.05, 4.69) is 30.4 Å². The molecule has 8 nitrogen and oxygen atoms in total. The van der Waals surface area contributed by atoms with E-state index in [0.29, 0.717) is 32.2 Å². The topological polar surface area (TPSA) is 85.6 Å². The van der Waals surface area contributed by atoms with Gasteiger partial charge in [0.15, 0.2) is 17.5 Å². The second-order valence-electron chi connectivity index (χ2n) is 5.44. The Bertz CT molecular complexity index is 757. The third-order valence-electron chi connectivity index (χ3n) is 3.51. The van der Waals surface area contributed by atoms with E-state index in [9.17, 15) is 8.78 Å². The number of halogens is 3. The summed E-state index contributed by atoms with van der Waals surface area (Å²) in [5.74, 6) is 1.65. The first-order valence-electron chi connectivity index (χ1n) is 8.59. The first-order valence-corrected chi connectivity index (χ1v) is 8.59. The Hall–Kier alpha value is -2.18. The number of hydrogen-bond donors (Lipinski definition) is 2. The Balaban J connectivity index is 0.00000392. The molecule has 0 spiro atoms. The normalized spacial score (nSPS) is 11.1. The Kier molecular flexibility index (Phi) is 10.5. The van der Waals surface area contributed by atoms with Crippen molar-refractivity contribution in [2.45, 2.75) is 33.5 Å². The number of rotatable bonds is 9. The summed E-state index contributed by atoms with van der Waals surface area (Å²) in [6, 6.07) is 4.79. The first kappa shape index (κ1) is 23.9. The van der Waals surface area contributed by atoms with Gasteiger partial charge in [0.25, 0.3) is 0 Å². The van der Waals surface area contributed by atoms with E-state index >= 15 is 0 Å². The van der Waals surface area contributed by atoms with Gasteiger partial charge >= 0.3 is 6.61 Å². The highest BCUT2D eigenvalue weighted by Gasteiger charge is 2.11. The van der Waals surface area contributed by atoms with E-state index in [1.807, 2.05) is 14.0 Å². The van der Waals surface area contributed by atoms with Crippen LogP contribution in [-0.4, -0.2) is 40.5 Å². The third-order valence-corrected chi connectivity index (χ3v) is 3.51. The van der Waals surface area contributed by atoms with Crippen LogP contribution in [0.15, 0.2) is 29.5 Å². The number of nitrogens with zero attached hydrogens (tertiary/aromatic N) is 4. The maximum atomic E-state index is 12.5. The Morgan fingerprint density at radius 1 is 1.25 bits per heavy atom. The van der Waals surface area contributed by atoms with Crippen LogP contribution in [0.4, 0.5) is 8.78 Å². The molecule has 2 aromatic rings. The van der Waals surface area contributed by atoms with E-state index in [1.165, 1.54) is 12.4 Å². The van der Waals surface area contributed by atoms with Gasteiger partial charge in [-0.1, -0.05) is 6.07 Å². The van der Waals surface area contributed by atoms with Gasteiger partial charge in [-0.15, -0.1) is 24.0 Å². The standard InChI is InChI=1S/C17H24F2N6O2.HI/c1-4-20-17(22-10-15-23-11-24-25(15)3)21-9-12-6-7-13(27-16(18)19)14(8-12)26-5-2;/h6-8,11,16H,4-5,9-10H2,1-3H3,(H2,20,21,22);1H. The number of benzene rings is 1. The van der Waals surface area contributed by atoms with Crippen molar-refractivity contribution in [3.05, 3.63) is 35.9 Å². The number of aromatic nitrogens is 3. The lowest BCUT2D eigenvalue weighted by Gasteiger charge is -2.13. The highest BCUT2D eigenvalue weighted by molar-refractivity contribution is 14.0. The number of nitrogens with one attached hydrogen (secondary N) is 2. The van der Waals surface area contributed by atoms with Crippen molar-refractivity contribution in [3.8, 4) is 11.5 Å². The summed E-state index contributed by atoms with van der Waals surface area (Å²) < 4.78 is 36.5. The van der Waals surface area contributed by atoms with Crippen LogP contribution >= 0.6 is 24.0 Å². The van der Waals surface area contributed by atoms with Crippen LogP contribution in [0.25, 0.3) is 0 Å². The van der Waals surface area contributed by atoms with Crippen molar-refractivity contribution in [2.24, 2.45) is 12.0 Å². The fraction of sp³-hybridized carbons (Fsp3) is 0.471. The van der Waals surface area contributed by atoms with E-state index < -0.39 is 6.61 Å². The summed E-state index contributed by atoms with van der Waals surface area (Å²) in [6.07, 6.45) is 1.49. The SMILES string of the molecule is CCNC(=NCc1ccc(OC(F)F)c(OCC)c1)NCc1ncnn1C.I. The minimum atomic E-state index is -2.90. The molecule has 2 N–H and O–H groups in total. The molecule has 0 aliphatic carbocycles. The lowest BCUT2D eigenvalue weighted by atomic mass is 10.2. The maximum absolute atomic E-state index is 12.5. The lowest BCUT2D eigenvalue weighted by molar-refractivity contribution is -0.0514. The minimum Gasteiger partial charge on any atom is -0.490 e. The van der Waals surface area contributed by atoms with Crippen LogP contribution in [0.3, 0.4) is 0 Å². The minimum absolute atomic E-state index is 0. The van der Waals surface area contributed by atoms with E-state index in [4.69, 9.17) is 4.74 Å². The van der Waals surface area contributed by atoms with Gasteiger partial charge in [0.1, 0.15) is 12.2 Å². The number of hydrogen-bond acceptors (Lipinski definition) is 5. The zero-order valence-corrected chi connectivity index (χ0v) is 18.3. The smallest absolute Gasteiger partial charge is 0.387 e. The fourth-order valence-electron chi connectivity index (χ4n) is 2.27. The van der Waals surface area contributed by atoms with Crippen molar-refractivity contribution in [1.82, 2.24) is 25.4 Å². The monoisotopic (exact) mass is 510 g/mol. The molecule has 0 atom stereocenters. The quantitative estimate of drug-likeness (QED) is 0.307. The zero-order valence-electron chi connectivity index (χ0n) is 16.0. The van der Waals surface area contributed by atoms with Gasteiger partial charge < -0.3 is 20.1 Å². The first-order chi connectivity index (χ1) is 13.0. The van der Waals surface area contributed by atoms with Gasteiger partial charge in [0, 0.05) is 13.6 Å². The third kappa shape index (κ3) is 7.44. The number of guanidine groups is 1. The fourth-order valence-corrected chi connectivity index (χ4v) is 2.27. The molecule has 1 heterocycles. The molecular formula is C17H25F2IN6O2. The average molecular weight is 510 g/mol. The Morgan fingerprint density at radius 3 is 2.64 bits per heavy atom. The van der Waals surface area contributed by atoms with Crippen molar-refractivity contribution in [1.29, 1.82) is 0 Å². The molecule has 0 amide bonds. The molecule has 11 heteroatoms. The summed E-state index contributed by atoms with van der Waals surface area (Å²) in [5, 5.41) is 10.3. The van der Waals surface area contributed by atoms with Crippen LogP contribution < -0.4 is 20.1 Å². The number of ether oxygens (including phenoxy) is 2. The summed E-state index contributed by atoms with van der Waals surface area (Å²) in [6.45, 7) is 2.67. The van der Waals surface area contributed by atoms with Crippen molar-refractivity contribution < 1.29 is 18.3 Å². The van der Waals surface area contributed by atoms with E-state index in [-0.39, 0.29) is 35.5 Å². The molecule has 0 saturated heterocycles. The second kappa shape index (κ2) is 12.3. The van der Waals surface area contributed by atoms with Crippen molar-refractivity contribution in [2.75, 3.05) is 13.2 Å². The van der Waals surface area contributed by atoms with Crippen LogP contribution in [0.1, 0.15) is 25.2 Å². The molecule has 2 rings (SSSR count). The molecule has 1 aromatic carbocycles. The molecule has 0 saturated carbocycles. The largest absolute Gasteiger partial charge is 0.490 e. The molecule has 156 valence electrons. The highest BCUT2D eigenvalue weighted by atomic mass is 127. The average Bonchev–Trinajstić information content (AvgIpc) is 3.04. The van der Waals surface area contributed by atoms with Gasteiger partial charge in [-0.3, -0.25) is 4.68 Å². The van der Waals surface area contributed by atoms with E-state index in [1.54, 1.807) is 23.7 Å². The molecule has 0 radical (unpaired) electrons. The van der Waals surface area contributed by atoms with Crippen LogP contribution in [0.2, 0.25) is 0 Å². The second-order valence-corrected chi connectivity index (χ2v) is 5.44. The van der Waals surface area contributed by atoms with Gasteiger partial charge in [-0.05, 0) is 31.5 Å². The van der Waals surface area contributed by atoms with Gasteiger partial charge in [0.05, 0.1) is 19.7 Å². The molecule has 0 unspecified atom stereocenters. The highest BCUT2D eigenvalue weighted by Crippen LogP contribution is 2.30. The van der Waals surface area contributed by atoms with Crippen molar-refractivity contribution in [3.63, 3.8) is 0 Å². The molecule has 0 aliphatic heterocycles. The maximum Gasteiger partial charge on any atom is 0.387 e. The predicted molar refractivity (Wildman–Crippen MR) is 112 cm³/mol. The molecule has 0 fully saturated rings. The van der Waals surface area contributed by atoms with Crippen LogP contribution in [0.5, 0.6) is 11.5 Å². The summed E-state index contributed by atoms with van der Waals surface area (Å²) in [5.41, 5.74) is 0.802. The molecule has 0 bridgehead atoms. The Labute approximate surface area is 179 Å². The molecule has 28 heavy (non-hydrogen) atoms. The summed E-state index contributed by atoms with van der Waals surface area (Å²) >= 11 is 0. The van der Waals surface area contributed by atoms with E-state index in [0.717, 1.165) is 11.4 Å². The van der Waals surface area contributed by atoms with Gasteiger partial charge in [0.2, 0.25) is 0 Å². The predicted octanol–water partition coefficient (Wildman–Crippen LogP) is 2.69. The zero-order chi connectivity index (χ0) is 19.6. The molecule has 0 aliphatic rings. The lowest BCUT2D eigenvalue weighted by Crippen LogP contribution is -2.37. The van der Waals surface area contributed by atoms with Crippen LogP contribution in [-0.2, 0) is 20.1 Å². The number of alkyl halides is 2.